The van der Waals surface area contributed by atoms with Crippen LogP contribution in [-0.2, 0) is 0 Å². The van der Waals surface area contributed by atoms with Gasteiger partial charge in [-0.25, -0.2) is 0 Å². The van der Waals surface area contributed by atoms with E-state index in [4.69, 9.17) is 5.26 Å². The van der Waals surface area contributed by atoms with Gasteiger partial charge in [0.15, 0.2) is 0 Å². The molecule has 2 aromatic rings. The average Bonchev–Trinajstić information content (AvgIpc) is 2.29. The van der Waals surface area contributed by atoms with Gasteiger partial charge < -0.3 is 5.32 Å². The molecule has 15 heavy (non-hydrogen) atoms. The van der Waals surface area contributed by atoms with E-state index in [2.05, 4.69) is 29.6 Å². The maximum Gasteiger partial charge on any atom is 0.111 e. The Labute approximate surface area is 89.2 Å². The Hall–Kier alpha value is -2.01. The number of hydrogen-bond donors (Lipinski definition) is 1. The number of fused-ring (bicyclic) bond motifs is 1. The number of hydrogen-bond acceptors (Lipinski definition) is 2. The van der Waals surface area contributed by atoms with E-state index in [1.54, 1.807) is 0 Å². The molecule has 2 heteroatoms. The maximum absolute atomic E-state index is 8.76. The highest BCUT2D eigenvalue weighted by Gasteiger charge is 2.02. The SMILES string of the molecule is CC(C#N)Nc1cccc2ccccc12. The average molecular weight is 196 g/mol. The van der Waals surface area contributed by atoms with Gasteiger partial charge in [-0.2, -0.15) is 5.26 Å². The summed E-state index contributed by atoms with van der Waals surface area (Å²) in [6.07, 6.45) is 0. The van der Waals surface area contributed by atoms with Crippen molar-refractivity contribution in [1.29, 1.82) is 5.26 Å². The van der Waals surface area contributed by atoms with Crippen LogP contribution < -0.4 is 5.32 Å². The van der Waals surface area contributed by atoms with Gasteiger partial charge in [0, 0.05) is 11.1 Å². The summed E-state index contributed by atoms with van der Waals surface area (Å²) < 4.78 is 0. The van der Waals surface area contributed by atoms with Crippen molar-refractivity contribution in [2.45, 2.75) is 13.0 Å². The molecule has 0 aromatic heterocycles. The molecule has 0 bridgehead atoms. The van der Waals surface area contributed by atoms with Gasteiger partial charge in [0.25, 0.3) is 0 Å². The largest absolute Gasteiger partial charge is 0.370 e. The highest BCUT2D eigenvalue weighted by atomic mass is 14.9. The highest BCUT2D eigenvalue weighted by molar-refractivity contribution is 5.93. The van der Waals surface area contributed by atoms with Crippen LogP contribution in [0.25, 0.3) is 10.8 Å². The van der Waals surface area contributed by atoms with E-state index >= 15 is 0 Å². The smallest absolute Gasteiger partial charge is 0.111 e. The normalized spacial score (nSPS) is 12.0. The van der Waals surface area contributed by atoms with Gasteiger partial charge in [-0.15, -0.1) is 0 Å². The summed E-state index contributed by atoms with van der Waals surface area (Å²) in [5.74, 6) is 0. The number of nitrogens with zero attached hydrogens (tertiary/aromatic N) is 1. The molecule has 0 aliphatic carbocycles. The lowest BCUT2D eigenvalue weighted by Gasteiger charge is -2.10. The first-order valence-electron chi connectivity index (χ1n) is 4.95. The minimum absolute atomic E-state index is 0.171. The lowest BCUT2D eigenvalue weighted by Crippen LogP contribution is -2.11. The van der Waals surface area contributed by atoms with Crippen LogP contribution in [0.1, 0.15) is 6.92 Å². The molecule has 74 valence electrons. The maximum atomic E-state index is 8.76. The summed E-state index contributed by atoms with van der Waals surface area (Å²) in [7, 11) is 0. The van der Waals surface area contributed by atoms with Crippen molar-refractivity contribution < 1.29 is 0 Å². The van der Waals surface area contributed by atoms with E-state index in [-0.39, 0.29) is 6.04 Å². The number of nitriles is 1. The summed E-state index contributed by atoms with van der Waals surface area (Å²) in [5, 5.41) is 14.3. The fraction of sp³-hybridized carbons (Fsp3) is 0.154. The van der Waals surface area contributed by atoms with E-state index in [0.717, 1.165) is 11.1 Å². The molecule has 0 aliphatic heterocycles. The third-order valence-corrected chi connectivity index (χ3v) is 2.36. The number of benzene rings is 2. The molecule has 1 N–H and O–H groups in total. The molecular weight excluding hydrogens is 184 g/mol. The van der Waals surface area contributed by atoms with Crippen molar-refractivity contribution in [3.05, 3.63) is 42.5 Å². The Bertz CT molecular complexity index is 506. The molecule has 0 amide bonds. The Balaban J connectivity index is 2.48. The Morgan fingerprint density at radius 1 is 1.13 bits per heavy atom. The number of anilines is 1. The van der Waals surface area contributed by atoms with Crippen LogP contribution in [0.15, 0.2) is 42.5 Å². The third kappa shape index (κ3) is 1.92. The molecule has 0 fully saturated rings. The van der Waals surface area contributed by atoms with E-state index < -0.39 is 0 Å². The predicted octanol–water partition coefficient (Wildman–Crippen LogP) is 3.16. The molecule has 0 saturated carbocycles. The Kier molecular flexibility index (Phi) is 2.55. The zero-order chi connectivity index (χ0) is 10.7. The first-order valence-corrected chi connectivity index (χ1v) is 4.95. The van der Waals surface area contributed by atoms with Crippen molar-refractivity contribution in [3.8, 4) is 6.07 Å². The van der Waals surface area contributed by atoms with Crippen LogP contribution in [0.2, 0.25) is 0 Å². The second-order valence-corrected chi connectivity index (χ2v) is 3.52. The summed E-state index contributed by atoms with van der Waals surface area (Å²) >= 11 is 0. The molecule has 0 spiro atoms. The summed E-state index contributed by atoms with van der Waals surface area (Å²) in [5.41, 5.74) is 1.02. The highest BCUT2D eigenvalue weighted by Crippen LogP contribution is 2.23. The lowest BCUT2D eigenvalue weighted by atomic mass is 10.1. The molecule has 2 rings (SSSR count). The van der Waals surface area contributed by atoms with Crippen molar-refractivity contribution in [2.75, 3.05) is 5.32 Å². The molecule has 0 saturated heterocycles. The van der Waals surface area contributed by atoms with Gasteiger partial charge in [-0.05, 0) is 18.4 Å². The van der Waals surface area contributed by atoms with E-state index in [9.17, 15) is 0 Å². The van der Waals surface area contributed by atoms with Crippen LogP contribution in [-0.4, -0.2) is 6.04 Å². The van der Waals surface area contributed by atoms with Crippen LogP contribution in [0.4, 0.5) is 5.69 Å². The van der Waals surface area contributed by atoms with Crippen LogP contribution in [0, 0.1) is 11.3 Å². The van der Waals surface area contributed by atoms with Gasteiger partial charge in [-0.3, -0.25) is 0 Å². The number of nitrogens with one attached hydrogen (secondary N) is 1. The van der Waals surface area contributed by atoms with E-state index in [1.165, 1.54) is 5.39 Å². The third-order valence-electron chi connectivity index (χ3n) is 2.36. The van der Waals surface area contributed by atoms with E-state index in [0.29, 0.717) is 0 Å². The molecule has 0 aliphatic rings. The second-order valence-electron chi connectivity index (χ2n) is 3.52. The summed E-state index contributed by atoms with van der Waals surface area (Å²) in [4.78, 5) is 0. The molecule has 1 atom stereocenters. The minimum atomic E-state index is -0.171. The van der Waals surface area contributed by atoms with Gasteiger partial charge in [0.1, 0.15) is 6.04 Å². The summed E-state index contributed by atoms with van der Waals surface area (Å²) in [6.45, 7) is 1.85. The quantitative estimate of drug-likeness (QED) is 0.800. The Morgan fingerprint density at radius 3 is 2.67 bits per heavy atom. The van der Waals surface area contributed by atoms with Crippen LogP contribution in [0.5, 0.6) is 0 Å². The van der Waals surface area contributed by atoms with Gasteiger partial charge in [0.2, 0.25) is 0 Å². The van der Waals surface area contributed by atoms with Gasteiger partial charge in [0.05, 0.1) is 6.07 Å². The number of rotatable bonds is 2. The molecular formula is C13H12N2. The summed E-state index contributed by atoms with van der Waals surface area (Å²) in [6, 6.07) is 16.2. The van der Waals surface area contributed by atoms with Gasteiger partial charge in [-0.1, -0.05) is 36.4 Å². The molecule has 2 aromatic carbocycles. The monoisotopic (exact) mass is 196 g/mol. The molecule has 1 unspecified atom stereocenters. The van der Waals surface area contributed by atoms with Crippen molar-refractivity contribution >= 4 is 16.5 Å². The standard InChI is InChI=1S/C13H12N2/c1-10(9-14)15-13-8-4-6-11-5-2-3-7-12(11)13/h2-8,10,15H,1H3. The van der Waals surface area contributed by atoms with Crippen LogP contribution >= 0.6 is 0 Å². The predicted molar refractivity (Wildman–Crippen MR) is 62.6 cm³/mol. The zero-order valence-corrected chi connectivity index (χ0v) is 8.57. The zero-order valence-electron chi connectivity index (χ0n) is 8.57. The Morgan fingerprint density at radius 2 is 1.87 bits per heavy atom. The first-order chi connectivity index (χ1) is 7.31. The fourth-order valence-corrected chi connectivity index (χ4v) is 1.62. The van der Waals surface area contributed by atoms with Crippen molar-refractivity contribution in [2.24, 2.45) is 0 Å². The second kappa shape index (κ2) is 4.02. The topological polar surface area (TPSA) is 35.8 Å². The lowest BCUT2D eigenvalue weighted by molar-refractivity contribution is 1.01. The first kappa shape index (κ1) is 9.54. The molecule has 0 heterocycles. The van der Waals surface area contributed by atoms with E-state index in [1.807, 2.05) is 31.2 Å². The van der Waals surface area contributed by atoms with Crippen molar-refractivity contribution in [1.82, 2.24) is 0 Å². The van der Waals surface area contributed by atoms with Crippen LogP contribution in [0.3, 0.4) is 0 Å². The molecule has 2 nitrogen and oxygen atoms in total. The van der Waals surface area contributed by atoms with Gasteiger partial charge >= 0.3 is 0 Å². The minimum Gasteiger partial charge on any atom is -0.370 e. The van der Waals surface area contributed by atoms with Crippen molar-refractivity contribution in [3.63, 3.8) is 0 Å². The molecule has 0 radical (unpaired) electrons. The fourth-order valence-electron chi connectivity index (χ4n) is 1.62.